The first-order chi connectivity index (χ1) is 13.3. The average molecular weight is 370 g/mol. The summed E-state index contributed by atoms with van der Waals surface area (Å²) in [6.45, 7) is 7.68. The molecule has 2 fully saturated rings. The van der Waals surface area contributed by atoms with Crippen molar-refractivity contribution in [1.82, 2.24) is 19.7 Å². The number of amides is 1. The van der Waals surface area contributed by atoms with Crippen molar-refractivity contribution < 1.29 is 13.9 Å². The van der Waals surface area contributed by atoms with Gasteiger partial charge in [-0.25, -0.2) is 4.98 Å². The van der Waals surface area contributed by atoms with Crippen LogP contribution in [0.15, 0.2) is 41.0 Å². The van der Waals surface area contributed by atoms with Gasteiger partial charge < -0.3 is 14.1 Å². The summed E-state index contributed by atoms with van der Waals surface area (Å²) in [4.78, 5) is 23.6. The SMILES string of the molecule is O=C(CN1CCOCC1)N1CCN(Cc2coc(-c3ccccc3)n2)CC1. The van der Waals surface area contributed by atoms with Crippen LogP contribution in [0.5, 0.6) is 0 Å². The highest BCUT2D eigenvalue weighted by Gasteiger charge is 2.24. The molecule has 0 spiro atoms. The van der Waals surface area contributed by atoms with Crippen molar-refractivity contribution in [3.05, 3.63) is 42.3 Å². The van der Waals surface area contributed by atoms with Crippen LogP contribution < -0.4 is 0 Å². The topological polar surface area (TPSA) is 62.1 Å². The Morgan fingerprint density at radius 1 is 0.963 bits per heavy atom. The van der Waals surface area contributed by atoms with E-state index in [0.717, 1.165) is 70.3 Å². The monoisotopic (exact) mass is 370 g/mol. The lowest BCUT2D eigenvalue weighted by atomic mass is 10.2. The van der Waals surface area contributed by atoms with Gasteiger partial charge in [0, 0.05) is 51.4 Å². The molecule has 0 bridgehead atoms. The van der Waals surface area contributed by atoms with Gasteiger partial charge in [-0.3, -0.25) is 14.6 Å². The molecule has 0 N–H and O–H groups in total. The molecule has 27 heavy (non-hydrogen) atoms. The Balaban J connectivity index is 1.25. The molecule has 2 aliphatic rings. The van der Waals surface area contributed by atoms with Crippen LogP contribution in [-0.4, -0.2) is 84.6 Å². The van der Waals surface area contributed by atoms with Crippen molar-refractivity contribution in [2.24, 2.45) is 0 Å². The van der Waals surface area contributed by atoms with Gasteiger partial charge in [0.25, 0.3) is 0 Å². The molecule has 144 valence electrons. The first kappa shape index (κ1) is 18.2. The van der Waals surface area contributed by atoms with Gasteiger partial charge >= 0.3 is 0 Å². The number of hydrogen-bond donors (Lipinski definition) is 0. The molecule has 4 rings (SSSR count). The van der Waals surface area contributed by atoms with Gasteiger partial charge in [0.15, 0.2) is 0 Å². The molecular weight excluding hydrogens is 344 g/mol. The molecule has 7 nitrogen and oxygen atoms in total. The number of nitrogens with zero attached hydrogens (tertiary/aromatic N) is 4. The van der Waals surface area contributed by atoms with E-state index >= 15 is 0 Å². The first-order valence-electron chi connectivity index (χ1n) is 9.58. The van der Waals surface area contributed by atoms with Crippen LogP contribution >= 0.6 is 0 Å². The number of benzene rings is 1. The van der Waals surface area contributed by atoms with Crippen molar-refractivity contribution in [3.8, 4) is 11.5 Å². The zero-order valence-electron chi connectivity index (χ0n) is 15.5. The van der Waals surface area contributed by atoms with Crippen LogP contribution in [0.3, 0.4) is 0 Å². The van der Waals surface area contributed by atoms with Crippen LogP contribution in [0, 0.1) is 0 Å². The van der Waals surface area contributed by atoms with Crippen molar-refractivity contribution in [3.63, 3.8) is 0 Å². The van der Waals surface area contributed by atoms with Crippen LogP contribution in [0.1, 0.15) is 5.69 Å². The summed E-state index contributed by atoms with van der Waals surface area (Å²) >= 11 is 0. The number of carbonyl (C=O) groups excluding carboxylic acids is 1. The summed E-state index contributed by atoms with van der Waals surface area (Å²) in [5.74, 6) is 0.884. The molecule has 0 saturated carbocycles. The minimum absolute atomic E-state index is 0.226. The van der Waals surface area contributed by atoms with Gasteiger partial charge in [-0.15, -0.1) is 0 Å². The van der Waals surface area contributed by atoms with Gasteiger partial charge in [0.2, 0.25) is 11.8 Å². The molecule has 0 radical (unpaired) electrons. The van der Waals surface area contributed by atoms with E-state index in [4.69, 9.17) is 9.15 Å². The molecule has 7 heteroatoms. The third-order valence-corrected chi connectivity index (χ3v) is 5.15. The fourth-order valence-electron chi connectivity index (χ4n) is 3.53. The Morgan fingerprint density at radius 2 is 1.70 bits per heavy atom. The molecule has 1 amide bonds. The Hall–Kier alpha value is -2.22. The van der Waals surface area contributed by atoms with Gasteiger partial charge in [0.05, 0.1) is 25.5 Å². The molecule has 0 atom stereocenters. The summed E-state index contributed by atoms with van der Waals surface area (Å²) in [6.07, 6.45) is 1.73. The third-order valence-electron chi connectivity index (χ3n) is 5.15. The summed E-state index contributed by atoms with van der Waals surface area (Å²) in [7, 11) is 0. The summed E-state index contributed by atoms with van der Waals surface area (Å²) in [5.41, 5.74) is 1.92. The maximum Gasteiger partial charge on any atom is 0.236 e. The smallest absolute Gasteiger partial charge is 0.236 e. The molecule has 3 heterocycles. The summed E-state index contributed by atoms with van der Waals surface area (Å²) < 4.78 is 11.0. The van der Waals surface area contributed by atoms with Crippen LogP contribution in [-0.2, 0) is 16.1 Å². The maximum atomic E-state index is 12.5. The second-order valence-corrected chi connectivity index (χ2v) is 7.06. The number of rotatable bonds is 5. The van der Waals surface area contributed by atoms with E-state index in [0.29, 0.717) is 12.4 Å². The quantitative estimate of drug-likeness (QED) is 0.791. The molecule has 0 aliphatic carbocycles. The number of piperazine rings is 1. The number of ether oxygens (including phenoxy) is 1. The van der Waals surface area contributed by atoms with Crippen LogP contribution in [0.25, 0.3) is 11.5 Å². The minimum Gasteiger partial charge on any atom is -0.444 e. The largest absolute Gasteiger partial charge is 0.444 e. The van der Waals surface area contributed by atoms with Crippen molar-refractivity contribution >= 4 is 5.91 Å². The fourth-order valence-corrected chi connectivity index (χ4v) is 3.53. The first-order valence-corrected chi connectivity index (χ1v) is 9.58. The van der Waals surface area contributed by atoms with Gasteiger partial charge in [-0.2, -0.15) is 0 Å². The average Bonchev–Trinajstić information content (AvgIpc) is 3.18. The lowest BCUT2D eigenvalue weighted by Gasteiger charge is -2.36. The van der Waals surface area contributed by atoms with Gasteiger partial charge in [0.1, 0.15) is 6.26 Å². The molecule has 1 aromatic carbocycles. The molecule has 1 aromatic heterocycles. The predicted molar refractivity (Wildman–Crippen MR) is 101 cm³/mol. The maximum absolute atomic E-state index is 12.5. The molecule has 2 saturated heterocycles. The van der Waals surface area contributed by atoms with Crippen LogP contribution in [0.4, 0.5) is 0 Å². The highest BCUT2D eigenvalue weighted by molar-refractivity contribution is 5.78. The van der Waals surface area contributed by atoms with E-state index in [2.05, 4.69) is 14.8 Å². The second-order valence-electron chi connectivity index (χ2n) is 7.06. The third kappa shape index (κ3) is 4.74. The number of hydrogen-bond acceptors (Lipinski definition) is 6. The Bertz CT molecular complexity index is 735. The van der Waals surface area contributed by atoms with Gasteiger partial charge in [-0.05, 0) is 12.1 Å². The van der Waals surface area contributed by atoms with Crippen molar-refractivity contribution in [2.45, 2.75) is 6.54 Å². The fraction of sp³-hybridized carbons (Fsp3) is 0.500. The summed E-state index contributed by atoms with van der Waals surface area (Å²) in [5, 5.41) is 0. The van der Waals surface area contributed by atoms with Crippen molar-refractivity contribution in [2.75, 3.05) is 59.0 Å². The molecule has 2 aromatic rings. The van der Waals surface area contributed by atoms with E-state index < -0.39 is 0 Å². The van der Waals surface area contributed by atoms with E-state index in [1.54, 1.807) is 6.26 Å². The number of oxazole rings is 1. The van der Waals surface area contributed by atoms with Crippen LogP contribution in [0.2, 0.25) is 0 Å². The highest BCUT2D eigenvalue weighted by Crippen LogP contribution is 2.19. The standard InChI is InChI=1S/C20H26N4O3/c25-19(15-23-10-12-26-13-11-23)24-8-6-22(7-9-24)14-18-16-27-20(21-18)17-4-2-1-3-5-17/h1-5,16H,6-15H2. The number of aromatic nitrogens is 1. The van der Waals surface area contributed by atoms with E-state index in [9.17, 15) is 4.79 Å². The van der Waals surface area contributed by atoms with Crippen molar-refractivity contribution in [1.29, 1.82) is 0 Å². The highest BCUT2D eigenvalue weighted by atomic mass is 16.5. The Labute approximate surface area is 159 Å². The zero-order valence-corrected chi connectivity index (χ0v) is 15.5. The molecule has 2 aliphatic heterocycles. The molecular formula is C20H26N4O3. The van der Waals surface area contributed by atoms with E-state index in [1.165, 1.54) is 0 Å². The van der Waals surface area contributed by atoms with E-state index in [-0.39, 0.29) is 5.91 Å². The number of carbonyl (C=O) groups is 1. The lowest BCUT2D eigenvalue weighted by Crippen LogP contribution is -2.52. The van der Waals surface area contributed by atoms with E-state index in [1.807, 2.05) is 35.2 Å². The summed E-state index contributed by atoms with van der Waals surface area (Å²) in [6, 6.07) is 9.93. The normalized spacial score (nSPS) is 19.3. The Morgan fingerprint density at radius 3 is 2.44 bits per heavy atom. The second kappa shape index (κ2) is 8.65. The minimum atomic E-state index is 0.226. The lowest BCUT2D eigenvalue weighted by molar-refractivity contribution is -0.135. The Kier molecular flexibility index (Phi) is 5.81. The number of morpholine rings is 1. The molecule has 0 unspecified atom stereocenters. The zero-order chi connectivity index (χ0) is 18.5. The predicted octanol–water partition coefficient (Wildman–Crippen LogP) is 1.32. The van der Waals surface area contributed by atoms with Gasteiger partial charge in [-0.1, -0.05) is 18.2 Å².